The van der Waals surface area contributed by atoms with Crippen LogP contribution < -0.4 is 0 Å². The molecule has 110 valence electrons. The van der Waals surface area contributed by atoms with Gasteiger partial charge in [-0.25, -0.2) is 0 Å². The molecule has 4 aliphatic rings. The van der Waals surface area contributed by atoms with Crippen molar-refractivity contribution in [2.24, 2.45) is 23.7 Å². The Morgan fingerprint density at radius 3 is 2.70 bits per heavy atom. The van der Waals surface area contributed by atoms with Crippen LogP contribution in [0.25, 0.3) is 0 Å². The van der Waals surface area contributed by atoms with E-state index in [2.05, 4.69) is 17.1 Å². The molecule has 1 aliphatic heterocycles. The molecule has 3 heteroatoms. The fraction of sp³-hybridized carbons (Fsp3) is 0.824. The van der Waals surface area contributed by atoms with Gasteiger partial charge in [0.15, 0.2) is 0 Å². The van der Waals surface area contributed by atoms with Crippen molar-refractivity contribution >= 4 is 5.97 Å². The molecular formula is C17H25NO2. The number of carboxylic acid groups (broad SMARTS) is 1. The fourth-order valence-electron chi connectivity index (χ4n) is 5.43. The minimum Gasteiger partial charge on any atom is -0.480 e. The third-order valence-electron chi connectivity index (χ3n) is 6.37. The Kier molecular flexibility index (Phi) is 3.13. The highest BCUT2D eigenvalue weighted by atomic mass is 16.4. The molecule has 4 rings (SSSR count). The molecule has 20 heavy (non-hydrogen) atoms. The first-order valence-corrected chi connectivity index (χ1v) is 8.39. The third kappa shape index (κ3) is 2.02. The molecule has 0 aromatic rings. The zero-order chi connectivity index (χ0) is 13.7. The Labute approximate surface area is 121 Å². The van der Waals surface area contributed by atoms with Crippen LogP contribution in [0.4, 0.5) is 0 Å². The number of rotatable bonds is 3. The summed E-state index contributed by atoms with van der Waals surface area (Å²) >= 11 is 0. The summed E-state index contributed by atoms with van der Waals surface area (Å²) in [4.78, 5) is 14.0. The average Bonchev–Trinajstić information content (AvgIpc) is 3.13. The predicted molar refractivity (Wildman–Crippen MR) is 77.3 cm³/mol. The molecule has 2 saturated carbocycles. The Hall–Kier alpha value is -0.830. The zero-order valence-corrected chi connectivity index (χ0v) is 12.1. The van der Waals surface area contributed by atoms with E-state index in [4.69, 9.17) is 0 Å². The van der Waals surface area contributed by atoms with Crippen LogP contribution in [-0.2, 0) is 4.79 Å². The summed E-state index contributed by atoms with van der Waals surface area (Å²) in [7, 11) is 0. The fourth-order valence-corrected chi connectivity index (χ4v) is 5.43. The lowest BCUT2D eigenvalue weighted by atomic mass is 9.84. The summed E-state index contributed by atoms with van der Waals surface area (Å²) in [5.74, 6) is 2.31. The number of hydrogen-bond acceptors (Lipinski definition) is 2. The number of carboxylic acids is 1. The predicted octanol–water partition coefficient (Wildman–Crippen LogP) is 2.92. The van der Waals surface area contributed by atoms with Crippen LogP contribution in [0, 0.1) is 23.7 Å². The van der Waals surface area contributed by atoms with E-state index in [1.165, 1.54) is 38.5 Å². The SMILES string of the molecule is O=C(O)C1CC2CCCCC2N1CC1CC2C=CC1C2. The normalized spacial score (nSPS) is 46.8. The van der Waals surface area contributed by atoms with Gasteiger partial charge in [-0.05, 0) is 55.8 Å². The van der Waals surface area contributed by atoms with Gasteiger partial charge in [0.05, 0.1) is 0 Å². The highest BCUT2D eigenvalue weighted by Gasteiger charge is 2.47. The van der Waals surface area contributed by atoms with Gasteiger partial charge < -0.3 is 5.11 Å². The smallest absolute Gasteiger partial charge is 0.320 e. The van der Waals surface area contributed by atoms with Crippen molar-refractivity contribution in [1.29, 1.82) is 0 Å². The van der Waals surface area contributed by atoms with Crippen molar-refractivity contribution < 1.29 is 9.90 Å². The van der Waals surface area contributed by atoms with Crippen LogP contribution in [-0.4, -0.2) is 34.6 Å². The van der Waals surface area contributed by atoms with Crippen LogP contribution in [0.15, 0.2) is 12.2 Å². The van der Waals surface area contributed by atoms with E-state index < -0.39 is 5.97 Å². The minimum atomic E-state index is -0.585. The second kappa shape index (κ2) is 4.87. The van der Waals surface area contributed by atoms with E-state index in [1.54, 1.807) is 0 Å². The largest absolute Gasteiger partial charge is 0.480 e. The minimum absolute atomic E-state index is 0.203. The number of fused-ring (bicyclic) bond motifs is 3. The molecule has 1 N–H and O–H groups in total. The molecule has 0 aromatic heterocycles. The Morgan fingerprint density at radius 1 is 1.15 bits per heavy atom. The number of allylic oxidation sites excluding steroid dienone is 2. The van der Waals surface area contributed by atoms with Gasteiger partial charge in [0, 0.05) is 12.6 Å². The van der Waals surface area contributed by atoms with Gasteiger partial charge in [-0.2, -0.15) is 0 Å². The highest BCUT2D eigenvalue weighted by molar-refractivity contribution is 5.74. The summed E-state index contributed by atoms with van der Waals surface area (Å²) in [5.41, 5.74) is 0. The number of nitrogens with zero attached hydrogens (tertiary/aromatic N) is 1. The van der Waals surface area contributed by atoms with Crippen LogP contribution >= 0.6 is 0 Å². The Morgan fingerprint density at radius 2 is 2.00 bits per heavy atom. The molecule has 3 fully saturated rings. The first kappa shape index (κ1) is 12.9. The summed E-state index contributed by atoms with van der Waals surface area (Å²) < 4.78 is 0. The molecule has 3 aliphatic carbocycles. The van der Waals surface area contributed by atoms with Crippen molar-refractivity contribution in [2.75, 3.05) is 6.54 Å². The van der Waals surface area contributed by atoms with Gasteiger partial charge in [0.1, 0.15) is 6.04 Å². The van der Waals surface area contributed by atoms with Gasteiger partial charge in [0.2, 0.25) is 0 Å². The van der Waals surface area contributed by atoms with Gasteiger partial charge in [-0.3, -0.25) is 9.69 Å². The molecule has 2 bridgehead atoms. The van der Waals surface area contributed by atoms with E-state index in [0.717, 1.165) is 24.8 Å². The van der Waals surface area contributed by atoms with E-state index in [1.807, 2.05) is 0 Å². The Bertz CT molecular complexity index is 433. The Balaban J connectivity index is 1.51. The van der Waals surface area contributed by atoms with E-state index in [9.17, 15) is 9.90 Å². The topological polar surface area (TPSA) is 40.5 Å². The standard InChI is InChI=1S/C17H25NO2/c19-17(20)16-9-13-3-1-2-4-15(13)18(16)10-14-8-11-5-6-12(14)7-11/h5-6,11-16H,1-4,7-10H2,(H,19,20). The van der Waals surface area contributed by atoms with Gasteiger partial charge in [-0.1, -0.05) is 25.0 Å². The average molecular weight is 275 g/mol. The van der Waals surface area contributed by atoms with Gasteiger partial charge in [-0.15, -0.1) is 0 Å². The molecule has 0 amide bonds. The molecule has 6 unspecified atom stereocenters. The van der Waals surface area contributed by atoms with E-state index in [-0.39, 0.29) is 6.04 Å². The second-order valence-electron chi connectivity index (χ2n) is 7.44. The van der Waals surface area contributed by atoms with Crippen molar-refractivity contribution in [2.45, 2.75) is 57.0 Å². The molecule has 0 spiro atoms. The highest BCUT2D eigenvalue weighted by Crippen LogP contribution is 2.46. The quantitative estimate of drug-likeness (QED) is 0.805. The number of likely N-dealkylation sites (tertiary alicyclic amines) is 1. The lowest BCUT2D eigenvalue weighted by Crippen LogP contribution is -2.45. The van der Waals surface area contributed by atoms with Crippen molar-refractivity contribution in [3.05, 3.63) is 12.2 Å². The van der Waals surface area contributed by atoms with Crippen molar-refractivity contribution in [3.63, 3.8) is 0 Å². The maximum atomic E-state index is 11.6. The number of aliphatic carboxylic acids is 1. The van der Waals surface area contributed by atoms with E-state index >= 15 is 0 Å². The summed E-state index contributed by atoms with van der Waals surface area (Å²) in [6.45, 7) is 1.03. The van der Waals surface area contributed by atoms with Crippen LogP contribution in [0.1, 0.15) is 44.9 Å². The molecule has 3 nitrogen and oxygen atoms in total. The zero-order valence-electron chi connectivity index (χ0n) is 12.1. The molecule has 0 aromatic carbocycles. The molecule has 1 saturated heterocycles. The second-order valence-corrected chi connectivity index (χ2v) is 7.44. The van der Waals surface area contributed by atoms with Gasteiger partial charge >= 0.3 is 5.97 Å². The van der Waals surface area contributed by atoms with Crippen molar-refractivity contribution in [3.8, 4) is 0 Å². The first-order valence-electron chi connectivity index (χ1n) is 8.39. The molecular weight excluding hydrogens is 250 g/mol. The summed E-state index contributed by atoms with van der Waals surface area (Å²) in [6.07, 6.45) is 13.4. The molecule has 1 heterocycles. The van der Waals surface area contributed by atoms with Crippen LogP contribution in [0.5, 0.6) is 0 Å². The third-order valence-corrected chi connectivity index (χ3v) is 6.37. The number of hydrogen-bond donors (Lipinski definition) is 1. The van der Waals surface area contributed by atoms with Crippen molar-refractivity contribution in [1.82, 2.24) is 4.90 Å². The van der Waals surface area contributed by atoms with Crippen LogP contribution in [0.2, 0.25) is 0 Å². The summed E-state index contributed by atoms with van der Waals surface area (Å²) in [5, 5.41) is 9.58. The number of carbonyl (C=O) groups is 1. The van der Waals surface area contributed by atoms with E-state index in [0.29, 0.717) is 17.9 Å². The lowest BCUT2D eigenvalue weighted by Gasteiger charge is -2.35. The maximum absolute atomic E-state index is 11.6. The maximum Gasteiger partial charge on any atom is 0.320 e. The molecule has 6 atom stereocenters. The molecule has 0 radical (unpaired) electrons. The van der Waals surface area contributed by atoms with Gasteiger partial charge in [0.25, 0.3) is 0 Å². The monoisotopic (exact) mass is 275 g/mol. The van der Waals surface area contributed by atoms with Crippen LogP contribution in [0.3, 0.4) is 0 Å². The summed E-state index contributed by atoms with van der Waals surface area (Å²) in [6, 6.07) is 0.360. The first-order chi connectivity index (χ1) is 9.72. The lowest BCUT2D eigenvalue weighted by molar-refractivity contribution is -0.143.